The summed E-state index contributed by atoms with van der Waals surface area (Å²) in [6, 6.07) is 5.73. The fourth-order valence-electron chi connectivity index (χ4n) is 3.22. The molecule has 0 unspecified atom stereocenters. The third-order valence-electron chi connectivity index (χ3n) is 4.23. The molecule has 1 aliphatic carbocycles. The summed E-state index contributed by atoms with van der Waals surface area (Å²) in [6.07, 6.45) is 3.76. The van der Waals surface area contributed by atoms with Gasteiger partial charge in [-0.15, -0.1) is 0 Å². The van der Waals surface area contributed by atoms with Crippen molar-refractivity contribution in [1.82, 2.24) is 5.32 Å². The van der Waals surface area contributed by atoms with Gasteiger partial charge >= 0.3 is 5.97 Å². The van der Waals surface area contributed by atoms with Crippen LogP contribution in [-0.4, -0.2) is 38.0 Å². The lowest BCUT2D eigenvalue weighted by Gasteiger charge is -2.31. The molecule has 0 saturated carbocycles. The Hall–Kier alpha value is -2.50. The number of hydrogen-bond acceptors (Lipinski definition) is 6. The molecule has 26 heavy (non-hydrogen) atoms. The number of hydrogen-bond donors (Lipinski definition) is 1. The van der Waals surface area contributed by atoms with Gasteiger partial charge in [0.2, 0.25) is 0 Å². The van der Waals surface area contributed by atoms with Gasteiger partial charge in [0.15, 0.2) is 11.5 Å². The molecule has 0 radical (unpaired) electrons. The standard InChI is InChI=1S/C20H26N2O4/c1-4-24-19(23)13-21-15-9-16(12-20(2,3)11-15)22-14-5-6-17-18(10-14)26-8-7-25-17/h5-6,9-10,21H,4,7-8,11-13H2,1-3H3/b22-16-. The molecule has 0 atom stereocenters. The molecular formula is C20H26N2O4. The maximum absolute atomic E-state index is 11.6. The number of carbonyl (C=O) groups is 1. The molecule has 1 heterocycles. The molecule has 1 aliphatic heterocycles. The normalized spacial score (nSPS) is 19.7. The monoisotopic (exact) mass is 358 g/mol. The first-order chi connectivity index (χ1) is 12.4. The van der Waals surface area contributed by atoms with Crippen LogP contribution in [-0.2, 0) is 9.53 Å². The van der Waals surface area contributed by atoms with Crippen LogP contribution in [0.2, 0.25) is 0 Å². The van der Waals surface area contributed by atoms with Crippen LogP contribution in [0, 0.1) is 5.41 Å². The highest BCUT2D eigenvalue weighted by atomic mass is 16.6. The highest BCUT2D eigenvalue weighted by molar-refractivity contribution is 5.98. The summed E-state index contributed by atoms with van der Waals surface area (Å²) in [4.78, 5) is 16.4. The van der Waals surface area contributed by atoms with E-state index in [-0.39, 0.29) is 17.9 Å². The van der Waals surface area contributed by atoms with Crippen molar-refractivity contribution in [2.24, 2.45) is 10.4 Å². The van der Waals surface area contributed by atoms with Crippen LogP contribution in [0.5, 0.6) is 11.5 Å². The van der Waals surface area contributed by atoms with Crippen LogP contribution in [0.3, 0.4) is 0 Å². The van der Waals surface area contributed by atoms with Gasteiger partial charge in [0, 0.05) is 17.5 Å². The van der Waals surface area contributed by atoms with Crippen molar-refractivity contribution in [2.45, 2.75) is 33.6 Å². The van der Waals surface area contributed by atoms with Gasteiger partial charge < -0.3 is 19.5 Å². The largest absolute Gasteiger partial charge is 0.486 e. The zero-order valence-corrected chi connectivity index (χ0v) is 15.6. The van der Waals surface area contributed by atoms with Crippen molar-refractivity contribution in [1.29, 1.82) is 0 Å². The molecule has 6 nitrogen and oxygen atoms in total. The predicted octanol–water partition coefficient (Wildman–Crippen LogP) is 3.39. The lowest BCUT2D eigenvalue weighted by atomic mass is 9.78. The SMILES string of the molecule is CCOC(=O)CNC1=C/C(=N/c2ccc3c(c2)OCCO3)CC(C)(C)C1. The van der Waals surface area contributed by atoms with E-state index in [1.54, 1.807) is 6.92 Å². The minimum atomic E-state index is -0.248. The summed E-state index contributed by atoms with van der Waals surface area (Å²) in [7, 11) is 0. The molecule has 3 rings (SSSR count). The zero-order valence-electron chi connectivity index (χ0n) is 15.6. The molecule has 0 saturated heterocycles. The summed E-state index contributed by atoms with van der Waals surface area (Å²) in [5.41, 5.74) is 2.89. The topological polar surface area (TPSA) is 69.2 Å². The van der Waals surface area contributed by atoms with E-state index in [2.05, 4.69) is 19.2 Å². The summed E-state index contributed by atoms with van der Waals surface area (Å²) >= 11 is 0. The number of esters is 1. The second kappa shape index (κ2) is 7.81. The minimum absolute atomic E-state index is 0.0679. The van der Waals surface area contributed by atoms with E-state index in [4.69, 9.17) is 19.2 Å². The summed E-state index contributed by atoms with van der Waals surface area (Å²) in [5.74, 6) is 1.25. The molecule has 1 aromatic carbocycles. The van der Waals surface area contributed by atoms with Crippen molar-refractivity contribution in [3.63, 3.8) is 0 Å². The first-order valence-corrected chi connectivity index (χ1v) is 9.02. The number of nitrogens with one attached hydrogen (secondary N) is 1. The zero-order chi connectivity index (χ0) is 18.6. The van der Waals surface area contributed by atoms with E-state index in [1.807, 2.05) is 24.3 Å². The van der Waals surface area contributed by atoms with E-state index in [1.165, 1.54) is 0 Å². The van der Waals surface area contributed by atoms with Crippen molar-refractivity contribution >= 4 is 17.4 Å². The van der Waals surface area contributed by atoms with Crippen molar-refractivity contribution < 1.29 is 19.0 Å². The Labute approximate surface area is 154 Å². The van der Waals surface area contributed by atoms with Gasteiger partial charge in [0.25, 0.3) is 0 Å². The molecule has 6 heteroatoms. The van der Waals surface area contributed by atoms with Crippen LogP contribution in [0.1, 0.15) is 33.6 Å². The number of carbonyl (C=O) groups excluding carboxylic acids is 1. The number of nitrogens with zero attached hydrogens (tertiary/aromatic N) is 1. The maximum atomic E-state index is 11.6. The Balaban J connectivity index is 1.77. The van der Waals surface area contributed by atoms with Gasteiger partial charge in [-0.1, -0.05) is 13.8 Å². The average Bonchev–Trinajstić information content (AvgIpc) is 2.59. The molecule has 0 bridgehead atoms. The van der Waals surface area contributed by atoms with Crippen molar-refractivity contribution in [2.75, 3.05) is 26.4 Å². The van der Waals surface area contributed by atoms with E-state index < -0.39 is 0 Å². The molecule has 2 aliphatic rings. The smallest absolute Gasteiger partial charge is 0.325 e. The van der Waals surface area contributed by atoms with Gasteiger partial charge in [0.1, 0.15) is 19.8 Å². The number of ether oxygens (including phenoxy) is 3. The fourth-order valence-corrected chi connectivity index (χ4v) is 3.22. The van der Waals surface area contributed by atoms with E-state index in [0.29, 0.717) is 19.8 Å². The minimum Gasteiger partial charge on any atom is -0.486 e. The Morgan fingerprint density at radius 1 is 1.23 bits per heavy atom. The number of rotatable bonds is 5. The van der Waals surface area contributed by atoms with E-state index in [9.17, 15) is 4.79 Å². The lowest BCUT2D eigenvalue weighted by Crippen LogP contribution is -2.31. The number of benzene rings is 1. The van der Waals surface area contributed by atoms with Gasteiger partial charge in [-0.3, -0.25) is 9.79 Å². The molecule has 1 aromatic rings. The molecule has 0 spiro atoms. The lowest BCUT2D eigenvalue weighted by molar-refractivity contribution is -0.141. The highest BCUT2D eigenvalue weighted by Crippen LogP contribution is 2.36. The van der Waals surface area contributed by atoms with Gasteiger partial charge in [-0.05, 0) is 43.4 Å². The Bertz CT molecular complexity index is 737. The molecule has 1 N–H and O–H groups in total. The highest BCUT2D eigenvalue weighted by Gasteiger charge is 2.27. The van der Waals surface area contributed by atoms with Crippen LogP contribution in [0.4, 0.5) is 5.69 Å². The third-order valence-corrected chi connectivity index (χ3v) is 4.23. The van der Waals surface area contributed by atoms with Crippen LogP contribution in [0.15, 0.2) is 35.0 Å². The fraction of sp³-hybridized carbons (Fsp3) is 0.500. The van der Waals surface area contributed by atoms with Gasteiger partial charge in [-0.2, -0.15) is 0 Å². The second-order valence-electron chi connectivity index (χ2n) is 7.28. The Morgan fingerprint density at radius 3 is 2.77 bits per heavy atom. The number of fused-ring (bicyclic) bond motifs is 1. The summed E-state index contributed by atoms with van der Waals surface area (Å²) in [6.45, 7) is 7.90. The van der Waals surface area contributed by atoms with E-state index >= 15 is 0 Å². The molecule has 0 amide bonds. The molecule has 0 aromatic heterocycles. The van der Waals surface area contributed by atoms with Gasteiger partial charge in [-0.25, -0.2) is 0 Å². The van der Waals surface area contributed by atoms with Crippen LogP contribution >= 0.6 is 0 Å². The van der Waals surface area contributed by atoms with E-state index in [0.717, 1.165) is 41.4 Å². The molecule has 0 fully saturated rings. The molecule has 140 valence electrons. The van der Waals surface area contributed by atoms with Crippen molar-refractivity contribution in [3.05, 3.63) is 30.0 Å². The first-order valence-electron chi connectivity index (χ1n) is 9.02. The van der Waals surface area contributed by atoms with Crippen LogP contribution in [0.25, 0.3) is 0 Å². The number of allylic oxidation sites excluding steroid dienone is 2. The van der Waals surface area contributed by atoms with Crippen LogP contribution < -0.4 is 14.8 Å². The Kier molecular flexibility index (Phi) is 5.49. The maximum Gasteiger partial charge on any atom is 0.325 e. The summed E-state index contributed by atoms with van der Waals surface area (Å²) in [5, 5.41) is 3.19. The molecular weight excluding hydrogens is 332 g/mol. The Morgan fingerprint density at radius 2 is 2.00 bits per heavy atom. The predicted molar refractivity (Wildman–Crippen MR) is 100 cm³/mol. The third kappa shape index (κ3) is 4.77. The average molecular weight is 358 g/mol. The quantitative estimate of drug-likeness (QED) is 0.817. The van der Waals surface area contributed by atoms with Crippen molar-refractivity contribution in [3.8, 4) is 11.5 Å². The first kappa shape index (κ1) is 18.3. The van der Waals surface area contributed by atoms with Gasteiger partial charge in [0.05, 0.1) is 12.3 Å². The summed E-state index contributed by atoms with van der Waals surface area (Å²) < 4.78 is 16.2. The second-order valence-corrected chi connectivity index (χ2v) is 7.28. The number of aliphatic imine (C=N–C) groups is 1.